The molecule has 2 aromatic rings. The number of benzene rings is 1. The number of hydrogen-bond acceptors (Lipinski definition) is 5. The van der Waals surface area contributed by atoms with Gasteiger partial charge >= 0.3 is 17.6 Å². The van der Waals surface area contributed by atoms with Crippen LogP contribution in [-0.2, 0) is 16.0 Å². The molecule has 0 aliphatic heterocycles. The van der Waals surface area contributed by atoms with E-state index in [4.69, 9.17) is 14.6 Å². The molecule has 7 heteroatoms. The van der Waals surface area contributed by atoms with Gasteiger partial charge in [0, 0.05) is 23.2 Å². The Morgan fingerprint density at radius 2 is 1.68 bits per heavy atom. The Morgan fingerprint density at radius 3 is 2.20 bits per heavy atom. The van der Waals surface area contributed by atoms with Gasteiger partial charge in [-0.15, -0.1) is 0 Å². The van der Waals surface area contributed by atoms with Crippen molar-refractivity contribution in [3.63, 3.8) is 0 Å². The minimum absolute atomic E-state index is 0.0297. The molecule has 0 amide bonds. The molecule has 0 saturated heterocycles. The van der Waals surface area contributed by atoms with E-state index in [0.29, 0.717) is 17.7 Å². The van der Waals surface area contributed by atoms with Crippen molar-refractivity contribution < 1.29 is 24.2 Å². The fraction of sp³-hybridized carbons (Fsp3) is 0.389. The molecule has 7 nitrogen and oxygen atoms in total. The highest BCUT2D eigenvalue weighted by Crippen LogP contribution is 2.28. The van der Waals surface area contributed by atoms with E-state index in [1.807, 2.05) is 0 Å². The molecule has 0 spiro atoms. The van der Waals surface area contributed by atoms with Crippen LogP contribution in [0.15, 0.2) is 33.5 Å². The van der Waals surface area contributed by atoms with Gasteiger partial charge in [0.2, 0.25) is 0 Å². The number of anilines is 1. The van der Waals surface area contributed by atoms with Gasteiger partial charge in [0.15, 0.2) is 0 Å². The van der Waals surface area contributed by atoms with E-state index in [9.17, 15) is 14.4 Å². The van der Waals surface area contributed by atoms with Crippen LogP contribution in [0.3, 0.4) is 0 Å². The van der Waals surface area contributed by atoms with Gasteiger partial charge < -0.3 is 19.5 Å². The zero-order chi connectivity index (χ0) is 18.8. The van der Waals surface area contributed by atoms with E-state index in [-0.39, 0.29) is 5.41 Å². The summed E-state index contributed by atoms with van der Waals surface area (Å²) in [6, 6.07) is 6.33. The second-order valence-electron chi connectivity index (χ2n) is 7.15. The summed E-state index contributed by atoms with van der Waals surface area (Å²) in [4.78, 5) is 35.0. The predicted octanol–water partition coefficient (Wildman–Crippen LogP) is 2.36. The molecule has 0 aliphatic rings. The molecule has 25 heavy (non-hydrogen) atoms. The van der Waals surface area contributed by atoms with E-state index in [1.165, 1.54) is 17.0 Å². The fourth-order valence-electron chi connectivity index (χ4n) is 2.70. The Kier molecular flexibility index (Phi) is 5.15. The SMILES string of the molecule is CC(C)(C)Cc1cc(=O)oc2cc(N(CC(=O)O)CC(=O)O)ccc12. The third-order valence-corrected chi connectivity index (χ3v) is 3.55. The van der Waals surface area contributed by atoms with E-state index in [2.05, 4.69) is 20.8 Å². The lowest BCUT2D eigenvalue weighted by Gasteiger charge is -2.22. The van der Waals surface area contributed by atoms with Crippen LogP contribution >= 0.6 is 0 Å². The number of carboxylic acids is 2. The maximum absolute atomic E-state index is 11.9. The van der Waals surface area contributed by atoms with E-state index < -0.39 is 30.7 Å². The molecule has 0 fully saturated rings. The lowest BCUT2D eigenvalue weighted by molar-refractivity contribution is -0.136. The summed E-state index contributed by atoms with van der Waals surface area (Å²) in [5.74, 6) is -2.30. The lowest BCUT2D eigenvalue weighted by atomic mass is 9.87. The molecule has 0 atom stereocenters. The Labute approximate surface area is 144 Å². The maximum atomic E-state index is 11.9. The molecule has 1 aromatic heterocycles. The average Bonchev–Trinajstić information content (AvgIpc) is 2.43. The second-order valence-corrected chi connectivity index (χ2v) is 7.15. The van der Waals surface area contributed by atoms with Crippen LogP contribution in [0.1, 0.15) is 26.3 Å². The van der Waals surface area contributed by atoms with Gasteiger partial charge in [-0.2, -0.15) is 0 Å². The van der Waals surface area contributed by atoms with Crippen molar-refractivity contribution in [2.75, 3.05) is 18.0 Å². The van der Waals surface area contributed by atoms with Gasteiger partial charge in [-0.25, -0.2) is 4.79 Å². The van der Waals surface area contributed by atoms with Gasteiger partial charge in [-0.1, -0.05) is 20.8 Å². The molecular formula is C18H21NO6. The topological polar surface area (TPSA) is 108 Å². The van der Waals surface area contributed by atoms with Crippen LogP contribution in [0.5, 0.6) is 0 Å². The van der Waals surface area contributed by atoms with Crippen LogP contribution in [0.4, 0.5) is 5.69 Å². The Bertz CT molecular complexity index is 846. The highest BCUT2D eigenvalue weighted by Gasteiger charge is 2.18. The molecular weight excluding hydrogens is 326 g/mol. The third kappa shape index (κ3) is 5.07. The number of hydrogen-bond donors (Lipinski definition) is 2. The molecule has 1 heterocycles. The number of nitrogens with zero attached hydrogens (tertiary/aromatic N) is 1. The molecule has 2 rings (SSSR count). The zero-order valence-corrected chi connectivity index (χ0v) is 14.4. The van der Waals surface area contributed by atoms with Crippen molar-refractivity contribution in [3.8, 4) is 0 Å². The van der Waals surface area contributed by atoms with Crippen molar-refractivity contribution in [3.05, 3.63) is 40.2 Å². The van der Waals surface area contributed by atoms with E-state index >= 15 is 0 Å². The number of fused-ring (bicyclic) bond motifs is 1. The Hall–Kier alpha value is -2.83. The highest BCUT2D eigenvalue weighted by molar-refractivity contribution is 5.86. The van der Waals surface area contributed by atoms with Gasteiger partial charge in [-0.3, -0.25) is 9.59 Å². The monoisotopic (exact) mass is 347 g/mol. The van der Waals surface area contributed by atoms with Crippen molar-refractivity contribution in [1.82, 2.24) is 0 Å². The lowest BCUT2D eigenvalue weighted by Crippen LogP contribution is -2.34. The van der Waals surface area contributed by atoms with Crippen LogP contribution in [-0.4, -0.2) is 35.2 Å². The smallest absolute Gasteiger partial charge is 0.336 e. The maximum Gasteiger partial charge on any atom is 0.336 e. The van der Waals surface area contributed by atoms with Gasteiger partial charge in [-0.05, 0) is 29.5 Å². The van der Waals surface area contributed by atoms with Crippen LogP contribution in [0.25, 0.3) is 11.0 Å². The van der Waals surface area contributed by atoms with Gasteiger partial charge in [0.05, 0.1) is 0 Å². The van der Waals surface area contributed by atoms with Crippen LogP contribution in [0.2, 0.25) is 0 Å². The summed E-state index contributed by atoms with van der Waals surface area (Å²) in [7, 11) is 0. The van der Waals surface area contributed by atoms with Gasteiger partial charge in [0.1, 0.15) is 18.7 Å². The van der Waals surface area contributed by atoms with E-state index in [1.54, 1.807) is 12.1 Å². The van der Waals surface area contributed by atoms with Crippen LogP contribution < -0.4 is 10.5 Å². The standard InChI is InChI=1S/C18H21NO6/c1-18(2,3)8-11-6-17(24)25-14-7-12(4-5-13(11)14)19(9-15(20)21)10-16(22)23/h4-7H,8-10H2,1-3H3,(H,20,21)(H,22,23). The number of aliphatic carboxylic acids is 2. The quantitative estimate of drug-likeness (QED) is 0.772. The first-order valence-electron chi connectivity index (χ1n) is 7.80. The summed E-state index contributed by atoms with van der Waals surface area (Å²) in [5.41, 5.74) is 0.997. The number of carboxylic acid groups (broad SMARTS) is 2. The fourth-order valence-corrected chi connectivity index (χ4v) is 2.70. The molecule has 0 aliphatic carbocycles. The predicted molar refractivity (Wildman–Crippen MR) is 93.1 cm³/mol. The van der Waals surface area contributed by atoms with Crippen molar-refractivity contribution in [2.45, 2.75) is 27.2 Å². The minimum atomic E-state index is -1.15. The number of rotatable bonds is 6. The van der Waals surface area contributed by atoms with Crippen molar-refractivity contribution in [1.29, 1.82) is 0 Å². The molecule has 2 N–H and O–H groups in total. The number of carbonyl (C=O) groups is 2. The average molecular weight is 347 g/mol. The summed E-state index contributed by atoms with van der Waals surface area (Å²) >= 11 is 0. The minimum Gasteiger partial charge on any atom is -0.480 e. The molecule has 0 unspecified atom stereocenters. The zero-order valence-electron chi connectivity index (χ0n) is 14.4. The first-order valence-corrected chi connectivity index (χ1v) is 7.80. The first-order chi connectivity index (χ1) is 11.5. The molecule has 1 aromatic carbocycles. The normalized spacial score (nSPS) is 11.5. The summed E-state index contributed by atoms with van der Waals surface area (Å²) in [5, 5.41) is 18.7. The summed E-state index contributed by atoms with van der Waals surface area (Å²) in [6.45, 7) is 5.24. The largest absolute Gasteiger partial charge is 0.480 e. The Morgan fingerprint density at radius 1 is 1.08 bits per heavy atom. The molecule has 0 saturated carbocycles. The molecule has 0 radical (unpaired) electrons. The summed E-state index contributed by atoms with van der Waals surface area (Å²) in [6.07, 6.45) is 0.669. The molecule has 0 bridgehead atoms. The van der Waals surface area contributed by atoms with Crippen LogP contribution in [0, 0.1) is 5.41 Å². The van der Waals surface area contributed by atoms with E-state index in [0.717, 1.165) is 10.9 Å². The second kappa shape index (κ2) is 6.96. The van der Waals surface area contributed by atoms with Gasteiger partial charge in [0.25, 0.3) is 0 Å². The molecule has 134 valence electrons. The van der Waals surface area contributed by atoms with Crippen molar-refractivity contribution in [2.24, 2.45) is 5.41 Å². The summed E-state index contributed by atoms with van der Waals surface area (Å²) < 4.78 is 5.24. The Balaban J connectivity index is 2.52. The third-order valence-electron chi connectivity index (χ3n) is 3.55. The van der Waals surface area contributed by atoms with Crippen molar-refractivity contribution >= 4 is 28.6 Å². The highest BCUT2D eigenvalue weighted by atomic mass is 16.4. The first kappa shape index (κ1) is 18.5.